The lowest BCUT2D eigenvalue weighted by Crippen LogP contribution is -2.19. The first-order valence-electron chi connectivity index (χ1n) is 4.07. The highest BCUT2D eigenvalue weighted by atomic mass is 16.7. The van der Waals surface area contributed by atoms with E-state index in [9.17, 15) is 4.79 Å². The van der Waals surface area contributed by atoms with Crippen LogP contribution >= 0.6 is 0 Å². The summed E-state index contributed by atoms with van der Waals surface area (Å²) in [6.45, 7) is 0. The molecule has 3 heteroatoms. The molecule has 0 aliphatic heterocycles. The fourth-order valence-electron chi connectivity index (χ4n) is 1.40. The number of carbonyl (C=O) groups is 1. The average Bonchev–Trinajstić information content (AvgIpc) is 2.07. The van der Waals surface area contributed by atoms with Crippen LogP contribution in [0.25, 0.3) is 0 Å². The van der Waals surface area contributed by atoms with Crippen LogP contribution in [0.1, 0.15) is 19.3 Å². The van der Waals surface area contributed by atoms with E-state index in [0.717, 1.165) is 18.4 Å². The Labute approximate surface area is 72.4 Å². The van der Waals surface area contributed by atoms with Crippen LogP contribution in [-0.2, 0) is 14.3 Å². The van der Waals surface area contributed by atoms with Gasteiger partial charge in [0, 0.05) is 20.6 Å². The normalized spacial score (nSPS) is 18.2. The summed E-state index contributed by atoms with van der Waals surface area (Å²) in [5.74, 6) is 0.176. The maximum absolute atomic E-state index is 11.0. The molecular formula is C9H14O3. The monoisotopic (exact) mass is 170 g/mol. The maximum Gasteiger partial charge on any atom is 0.179 e. The minimum absolute atomic E-state index is 0.176. The molecule has 0 spiro atoms. The number of rotatable bonds is 3. The van der Waals surface area contributed by atoms with Crippen molar-refractivity contribution in [3.63, 3.8) is 0 Å². The Hall–Kier alpha value is -0.670. The molecular weight excluding hydrogens is 156 g/mol. The largest absolute Gasteiger partial charge is 0.352 e. The van der Waals surface area contributed by atoms with Crippen molar-refractivity contribution >= 4 is 5.78 Å². The zero-order valence-corrected chi connectivity index (χ0v) is 7.50. The first kappa shape index (κ1) is 9.42. The van der Waals surface area contributed by atoms with Crippen LogP contribution in [0.4, 0.5) is 0 Å². The third-order valence-corrected chi connectivity index (χ3v) is 1.97. The first-order valence-corrected chi connectivity index (χ1v) is 4.07. The lowest BCUT2D eigenvalue weighted by Gasteiger charge is -2.19. The summed E-state index contributed by atoms with van der Waals surface area (Å²) in [5.41, 5.74) is 0.955. The van der Waals surface area contributed by atoms with Gasteiger partial charge in [-0.3, -0.25) is 4.79 Å². The van der Waals surface area contributed by atoms with Gasteiger partial charge >= 0.3 is 0 Å². The van der Waals surface area contributed by atoms with Crippen LogP contribution < -0.4 is 0 Å². The zero-order chi connectivity index (χ0) is 8.97. The Balaban J connectivity index is 2.65. The van der Waals surface area contributed by atoms with Crippen LogP contribution in [0.3, 0.4) is 0 Å². The van der Waals surface area contributed by atoms with Gasteiger partial charge in [0.05, 0.1) is 0 Å². The van der Waals surface area contributed by atoms with E-state index in [2.05, 4.69) is 0 Å². The lowest BCUT2D eigenvalue weighted by atomic mass is 9.98. The van der Waals surface area contributed by atoms with Gasteiger partial charge in [0.2, 0.25) is 0 Å². The molecule has 0 heterocycles. The molecule has 0 radical (unpaired) electrons. The van der Waals surface area contributed by atoms with Gasteiger partial charge < -0.3 is 9.47 Å². The van der Waals surface area contributed by atoms with Crippen LogP contribution in [0, 0.1) is 0 Å². The predicted octanol–water partition coefficient (Wildman–Crippen LogP) is 1.28. The Morgan fingerprint density at radius 2 is 2.00 bits per heavy atom. The number of ketones is 1. The SMILES string of the molecule is COC(OC)C1=CC(=O)CCC1. The Morgan fingerprint density at radius 3 is 2.50 bits per heavy atom. The van der Waals surface area contributed by atoms with Crippen LogP contribution in [0.5, 0.6) is 0 Å². The topological polar surface area (TPSA) is 35.5 Å². The number of carbonyl (C=O) groups excluding carboxylic acids is 1. The molecule has 0 atom stereocenters. The van der Waals surface area contributed by atoms with E-state index in [-0.39, 0.29) is 12.1 Å². The highest BCUT2D eigenvalue weighted by Gasteiger charge is 2.17. The molecule has 1 aliphatic rings. The summed E-state index contributed by atoms with van der Waals surface area (Å²) in [6.07, 6.45) is 3.77. The van der Waals surface area contributed by atoms with Crippen molar-refractivity contribution in [2.24, 2.45) is 0 Å². The van der Waals surface area contributed by atoms with Gasteiger partial charge in [-0.15, -0.1) is 0 Å². The minimum atomic E-state index is -0.339. The van der Waals surface area contributed by atoms with Gasteiger partial charge in [-0.05, 0) is 24.5 Å². The van der Waals surface area contributed by atoms with E-state index in [1.165, 1.54) is 0 Å². The molecule has 12 heavy (non-hydrogen) atoms. The Bertz CT molecular complexity index is 192. The van der Waals surface area contributed by atoms with Crippen molar-refractivity contribution in [2.75, 3.05) is 14.2 Å². The van der Waals surface area contributed by atoms with E-state index < -0.39 is 0 Å². The van der Waals surface area contributed by atoms with Crippen molar-refractivity contribution in [3.05, 3.63) is 11.6 Å². The number of hydrogen-bond donors (Lipinski definition) is 0. The molecule has 0 fully saturated rings. The maximum atomic E-state index is 11.0. The number of allylic oxidation sites excluding steroid dienone is 1. The van der Waals surface area contributed by atoms with E-state index >= 15 is 0 Å². The number of hydrogen-bond acceptors (Lipinski definition) is 3. The van der Waals surface area contributed by atoms with Crippen LogP contribution in [-0.4, -0.2) is 26.3 Å². The molecule has 0 amide bonds. The predicted molar refractivity (Wildman–Crippen MR) is 44.7 cm³/mol. The second kappa shape index (κ2) is 4.38. The van der Waals surface area contributed by atoms with E-state index in [4.69, 9.17) is 9.47 Å². The van der Waals surface area contributed by atoms with E-state index in [0.29, 0.717) is 6.42 Å². The van der Waals surface area contributed by atoms with Crippen molar-refractivity contribution in [2.45, 2.75) is 25.6 Å². The van der Waals surface area contributed by atoms with Gasteiger partial charge in [0.1, 0.15) is 0 Å². The van der Waals surface area contributed by atoms with Gasteiger partial charge in [-0.25, -0.2) is 0 Å². The van der Waals surface area contributed by atoms with Gasteiger partial charge in [-0.2, -0.15) is 0 Å². The van der Waals surface area contributed by atoms with Crippen LogP contribution in [0.15, 0.2) is 11.6 Å². The van der Waals surface area contributed by atoms with Gasteiger partial charge in [0.15, 0.2) is 12.1 Å². The molecule has 0 aromatic rings. The fourth-order valence-corrected chi connectivity index (χ4v) is 1.40. The van der Waals surface area contributed by atoms with Crippen molar-refractivity contribution < 1.29 is 14.3 Å². The second-order valence-corrected chi connectivity index (χ2v) is 2.84. The summed E-state index contributed by atoms with van der Waals surface area (Å²) < 4.78 is 10.1. The standard InChI is InChI=1S/C9H14O3/c1-11-9(12-2)7-4-3-5-8(10)6-7/h6,9H,3-5H2,1-2H3. The summed E-state index contributed by atoms with van der Waals surface area (Å²) in [4.78, 5) is 11.0. The fraction of sp³-hybridized carbons (Fsp3) is 0.667. The molecule has 0 saturated heterocycles. The summed E-state index contributed by atoms with van der Waals surface area (Å²) in [6, 6.07) is 0. The van der Waals surface area contributed by atoms with Gasteiger partial charge in [0.25, 0.3) is 0 Å². The molecule has 1 rings (SSSR count). The molecule has 0 aromatic carbocycles. The van der Waals surface area contributed by atoms with Gasteiger partial charge in [-0.1, -0.05) is 0 Å². The number of methoxy groups -OCH3 is 2. The van der Waals surface area contributed by atoms with Crippen molar-refractivity contribution in [3.8, 4) is 0 Å². The lowest BCUT2D eigenvalue weighted by molar-refractivity contribution is -0.116. The van der Waals surface area contributed by atoms with Crippen LogP contribution in [0.2, 0.25) is 0 Å². The summed E-state index contributed by atoms with van der Waals surface area (Å²) in [7, 11) is 3.15. The summed E-state index contributed by atoms with van der Waals surface area (Å²) in [5, 5.41) is 0. The molecule has 0 unspecified atom stereocenters. The average molecular weight is 170 g/mol. The third kappa shape index (κ3) is 2.16. The summed E-state index contributed by atoms with van der Waals surface area (Å²) >= 11 is 0. The molecule has 0 saturated carbocycles. The minimum Gasteiger partial charge on any atom is -0.352 e. The highest BCUT2D eigenvalue weighted by Crippen LogP contribution is 2.20. The quantitative estimate of drug-likeness (QED) is 0.598. The highest BCUT2D eigenvalue weighted by molar-refractivity contribution is 5.91. The second-order valence-electron chi connectivity index (χ2n) is 2.84. The molecule has 1 aliphatic carbocycles. The smallest absolute Gasteiger partial charge is 0.179 e. The first-order chi connectivity index (χ1) is 5.77. The van der Waals surface area contributed by atoms with Crippen molar-refractivity contribution in [1.82, 2.24) is 0 Å². The Morgan fingerprint density at radius 1 is 1.33 bits per heavy atom. The Kier molecular flexibility index (Phi) is 3.44. The number of ether oxygens (including phenoxy) is 2. The third-order valence-electron chi connectivity index (χ3n) is 1.97. The van der Waals surface area contributed by atoms with E-state index in [1.54, 1.807) is 20.3 Å². The molecule has 68 valence electrons. The molecule has 0 bridgehead atoms. The molecule has 0 aromatic heterocycles. The van der Waals surface area contributed by atoms with E-state index in [1.807, 2.05) is 0 Å². The molecule has 3 nitrogen and oxygen atoms in total. The van der Waals surface area contributed by atoms with Crippen molar-refractivity contribution in [1.29, 1.82) is 0 Å². The zero-order valence-electron chi connectivity index (χ0n) is 7.50. The molecule has 0 N–H and O–H groups in total.